The molecule has 2 heteroatoms. The van der Waals surface area contributed by atoms with E-state index in [1.54, 1.807) is 0 Å². The lowest BCUT2D eigenvalue weighted by Gasteiger charge is -2.26. The second kappa shape index (κ2) is 3.04. The number of anilines is 1. The monoisotopic (exact) mass is 176 g/mol. The maximum Gasteiger partial charge on any atom is 0.0394 e. The van der Waals surface area contributed by atoms with Crippen LogP contribution in [0.3, 0.4) is 0 Å². The molecule has 70 valence electrons. The second-order valence-electron chi connectivity index (χ2n) is 3.79. The zero-order valence-electron chi connectivity index (χ0n) is 8.22. The Morgan fingerprint density at radius 3 is 3.00 bits per heavy atom. The van der Waals surface area contributed by atoms with Gasteiger partial charge in [-0.25, -0.2) is 0 Å². The number of rotatable bonds is 0. The van der Waals surface area contributed by atoms with E-state index in [0.717, 1.165) is 18.7 Å². The highest BCUT2D eigenvalue weighted by molar-refractivity contribution is 5.58. The molecular weight excluding hydrogens is 160 g/mol. The summed E-state index contributed by atoms with van der Waals surface area (Å²) in [6.07, 6.45) is 1.10. The van der Waals surface area contributed by atoms with Crippen LogP contribution in [0, 0.1) is 6.92 Å². The molecule has 1 unspecified atom stereocenters. The zero-order valence-corrected chi connectivity index (χ0v) is 8.22. The molecule has 0 bridgehead atoms. The van der Waals surface area contributed by atoms with Gasteiger partial charge in [0.1, 0.15) is 0 Å². The summed E-state index contributed by atoms with van der Waals surface area (Å²) >= 11 is 0. The van der Waals surface area contributed by atoms with Crippen LogP contribution in [0.4, 0.5) is 5.69 Å². The van der Waals surface area contributed by atoms with E-state index in [1.165, 1.54) is 16.7 Å². The number of hydrogen-bond donors (Lipinski definition) is 2. The van der Waals surface area contributed by atoms with E-state index in [2.05, 4.69) is 31.3 Å². The highest BCUT2D eigenvalue weighted by Crippen LogP contribution is 2.30. The van der Waals surface area contributed by atoms with Gasteiger partial charge in [0, 0.05) is 11.7 Å². The van der Waals surface area contributed by atoms with Crippen LogP contribution in [0.1, 0.15) is 29.7 Å². The zero-order chi connectivity index (χ0) is 9.42. The van der Waals surface area contributed by atoms with Crippen LogP contribution in [0.25, 0.3) is 0 Å². The minimum Gasteiger partial charge on any atom is -0.398 e. The molecule has 0 amide bonds. The molecule has 1 atom stereocenters. The summed E-state index contributed by atoms with van der Waals surface area (Å²) in [6, 6.07) is 4.73. The molecule has 0 fully saturated rings. The SMILES string of the molecule is Cc1ccc2c(c1N)C(C)NCC2. The molecule has 0 aromatic heterocycles. The van der Waals surface area contributed by atoms with Gasteiger partial charge in [-0.15, -0.1) is 0 Å². The number of benzene rings is 1. The van der Waals surface area contributed by atoms with Gasteiger partial charge in [-0.1, -0.05) is 12.1 Å². The first-order chi connectivity index (χ1) is 6.20. The van der Waals surface area contributed by atoms with E-state index in [0.29, 0.717) is 6.04 Å². The number of nitrogen functional groups attached to an aromatic ring is 1. The van der Waals surface area contributed by atoms with E-state index in [4.69, 9.17) is 5.73 Å². The van der Waals surface area contributed by atoms with E-state index in [1.807, 2.05) is 0 Å². The molecule has 1 aliphatic rings. The quantitative estimate of drug-likeness (QED) is 0.591. The summed E-state index contributed by atoms with van der Waals surface area (Å²) < 4.78 is 0. The highest BCUT2D eigenvalue weighted by atomic mass is 14.9. The molecule has 1 heterocycles. The molecule has 0 spiro atoms. The average molecular weight is 176 g/mol. The van der Waals surface area contributed by atoms with Gasteiger partial charge in [0.05, 0.1) is 0 Å². The Morgan fingerprint density at radius 2 is 2.23 bits per heavy atom. The molecule has 1 aliphatic heterocycles. The first kappa shape index (κ1) is 8.57. The van der Waals surface area contributed by atoms with Crippen molar-refractivity contribution in [1.82, 2.24) is 5.32 Å². The van der Waals surface area contributed by atoms with E-state index >= 15 is 0 Å². The fourth-order valence-corrected chi connectivity index (χ4v) is 2.05. The van der Waals surface area contributed by atoms with Gasteiger partial charge in [-0.05, 0) is 43.5 Å². The maximum atomic E-state index is 6.05. The number of aryl methyl sites for hydroxylation is 1. The third-order valence-corrected chi connectivity index (χ3v) is 2.87. The minimum absolute atomic E-state index is 0.406. The Kier molecular flexibility index (Phi) is 2.00. The summed E-state index contributed by atoms with van der Waals surface area (Å²) in [5.41, 5.74) is 10.9. The highest BCUT2D eigenvalue weighted by Gasteiger charge is 2.18. The van der Waals surface area contributed by atoms with Gasteiger partial charge in [-0.3, -0.25) is 0 Å². The Morgan fingerprint density at radius 1 is 1.46 bits per heavy atom. The van der Waals surface area contributed by atoms with Crippen molar-refractivity contribution in [3.05, 3.63) is 28.8 Å². The molecule has 2 rings (SSSR count). The van der Waals surface area contributed by atoms with Crippen molar-refractivity contribution in [3.63, 3.8) is 0 Å². The van der Waals surface area contributed by atoms with Crippen LogP contribution in [-0.2, 0) is 6.42 Å². The van der Waals surface area contributed by atoms with Crippen LogP contribution < -0.4 is 11.1 Å². The molecular formula is C11H16N2. The summed E-state index contributed by atoms with van der Waals surface area (Å²) in [7, 11) is 0. The molecule has 1 aromatic carbocycles. The molecule has 3 N–H and O–H groups in total. The number of fused-ring (bicyclic) bond motifs is 1. The Balaban J connectivity index is 2.58. The van der Waals surface area contributed by atoms with E-state index < -0.39 is 0 Å². The van der Waals surface area contributed by atoms with Gasteiger partial charge in [-0.2, -0.15) is 0 Å². The van der Waals surface area contributed by atoms with Crippen LogP contribution >= 0.6 is 0 Å². The first-order valence-corrected chi connectivity index (χ1v) is 4.81. The summed E-state index contributed by atoms with van der Waals surface area (Å²) in [4.78, 5) is 0. The largest absolute Gasteiger partial charge is 0.398 e. The van der Waals surface area contributed by atoms with Gasteiger partial charge in [0.25, 0.3) is 0 Å². The van der Waals surface area contributed by atoms with Gasteiger partial charge in [0.2, 0.25) is 0 Å². The molecule has 0 saturated heterocycles. The van der Waals surface area contributed by atoms with Crippen LogP contribution in [0.15, 0.2) is 12.1 Å². The van der Waals surface area contributed by atoms with Crippen LogP contribution in [0.2, 0.25) is 0 Å². The Labute approximate surface area is 79.1 Å². The number of nitrogens with two attached hydrogens (primary N) is 1. The molecule has 0 aliphatic carbocycles. The first-order valence-electron chi connectivity index (χ1n) is 4.81. The van der Waals surface area contributed by atoms with Crippen molar-refractivity contribution in [1.29, 1.82) is 0 Å². The van der Waals surface area contributed by atoms with Crippen LogP contribution in [0.5, 0.6) is 0 Å². The van der Waals surface area contributed by atoms with Gasteiger partial charge >= 0.3 is 0 Å². The van der Waals surface area contributed by atoms with E-state index in [9.17, 15) is 0 Å². The molecule has 13 heavy (non-hydrogen) atoms. The Hall–Kier alpha value is -1.02. The topological polar surface area (TPSA) is 38.0 Å². The van der Waals surface area contributed by atoms with Crippen molar-refractivity contribution in [2.75, 3.05) is 12.3 Å². The van der Waals surface area contributed by atoms with Crippen molar-refractivity contribution in [2.45, 2.75) is 26.3 Å². The molecule has 1 aromatic rings. The fourth-order valence-electron chi connectivity index (χ4n) is 2.05. The summed E-state index contributed by atoms with van der Waals surface area (Å²) in [6.45, 7) is 5.31. The lowest BCUT2D eigenvalue weighted by molar-refractivity contribution is 0.542. The normalized spacial score (nSPS) is 21.2. The number of nitrogens with one attached hydrogen (secondary N) is 1. The second-order valence-corrected chi connectivity index (χ2v) is 3.79. The standard InChI is InChI=1S/C11H16N2/c1-7-3-4-9-5-6-13-8(2)10(9)11(7)12/h3-4,8,13H,5-6,12H2,1-2H3. The molecule has 0 radical (unpaired) electrons. The predicted octanol–water partition coefficient (Wildman–Crippen LogP) is 1.78. The van der Waals surface area contributed by atoms with Crippen molar-refractivity contribution in [3.8, 4) is 0 Å². The molecule has 0 saturated carbocycles. The third-order valence-electron chi connectivity index (χ3n) is 2.87. The van der Waals surface area contributed by atoms with Crippen molar-refractivity contribution in [2.24, 2.45) is 0 Å². The maximum absolute atomic E-state index is 6.05. The smallest absolute Gasteiger partial charge is 0.0394 e. The fraction of sp³-hybridized carbons (Fsp3) is 0.455. The van der Waals surface area contributed by atoms with Gasteiger partial charge < -0.3 is 11.1 Å². The average Bonchev–Trinajstić information content (AvgIpc) is 2.12. The Bertz CT molecular complexity index is 331. The van der Waals surface area contributed by atoms with E-state index in [-0.39, 0.29) is 0 Å². The van der Waals surface area contributed by atoms with Crippen LogP contribution in [-0.4, -0.2) is 6.54 Å². The van der Waals surface area contributed by atoms with Crippen molar-refractivity contribution < 1.29 is 0 Å². The number of hydrogen-bond acceptors (Lipinski definition) is 2. The lowest BCUT2D eigenvalue weighted by atomic mass is 9.92. The van der Waals surface area contributed by atoms with Gasteiger partial charge in [0.15, 0.2) is 0 Å². The molecule has 2 nitrogen and oxygen atoms in total. The predicted molar refractivity (Wildman–Crippen MR) is 55.7 cm³/mol. The minimum atomic E-state index is 0.406. The van der Waals surface area contributed by atoms with Crippen molar-refractivity contribution >= 4 is 5.69 Å². The summed E-state index contributed by atoms with van der Waals surface area (Å²) in [5.74, 6) is 0. The third kappa shape index (κ3) is 1.31. The summed E-state index contributed by atoms with van der Waals surface area (Å²) in [5, 5.41) is 3.43. The lowest BCUT2D eigenvalue weighted by Crippen LogP contribution is -2.28.